The van der Waals surface area contributed by atoms with E-state index in [4.69, 9.17) is 19.9 Å². The predicted octanol–water partition coefficient (Wildman–Crippen LogP) is 8.00. The van der Waals surface area contributed by atoms with Gasteiger partial charge in [-0.2, -0.15) is 0 Å². The highest BCUT2D eigenvalue weighted by Crippen LogP contribution is 2.38. The monoisotopic (exact) mass is 562 g/mol. The number of rotatable bonds is 4. The maximum Gasteiger partial charge on any atom is 0.0930 e. The van der Waals surface area contributed by atoms with Crippen molar-refractivity contribution in [2.75, 3.05) is 0 Å². The molecule has 0 N–H and O–H groups in total. The Hall–Kier alpha value is -3.94. The van der Waals surface area contributed by atoms with Crippen molar-refractivity contribution >= 4 is 44.1 Å². The van der Waals surface area contributed by atoms with Gasteiger partial charge in [0.1, 0.15) is 0 Å². The van der Waals surface area contributed by atoms with Crippen LogP contribution in [0, 0.1) is 27.7 Å². The van der Waals surface area contributed by atoms with Crippen LogP contribution in [0.1, 0.15) is 124 Å². The molecule has 6 aromatic rings. The minimum Gasteiger partial charge on any atom is -0.443 e. The Labute approximate surface area is 248 Å². The molecule has 220 valence electrons. The van der Waals surface area contributed by atoms with Crippen LogP contribution in [0.25, 0.3) is 44.1 Å². The molecule has 2 aromatic carbocycles. The van der Waals surface area contributed by atoms with Crippen LogP contribution in [0.2, 0.25) is 0 Å². The van der Waals surface area contributed by atoms with Crippen molar-refractivity contribution in [3.63, 3.8) is 0 Å². The summed E-state index contributed by atoms with van der Waals surface area (Å²) in [5.74, 6) is 1.35. The lowest BCUT2D eigenvalue weighted by Crippen LogP contribution is -2.05. The van der Waals surface area contributed by atoms with Crippen molar-refractivity contribution in [1.82, 2.24) is 39.9 Å². The zero-order chi connectivity index (χ0) is 30.6. The Kier molecular flexibility index (Phi) is 7.77. The van der Waals surface area contributed by atoms with E-state index in [0.717, 1.165) is 89.2 Å². The van der Waals surface area contributed by atoms with E-state index in [2.05, 4.69) is 75.3 Å². The van der Waals surface area contributed by atoms with Crippen LogP contribution in [0.4, 0.5) is 0 Å². The van der Waals surface area contributed by atoms with Gasteiger partial charge in [0.25, 0.3) is 0 Å². The van der Waals surface area contributed by atoms with Crippen molar-refractivity contribution in [2.45, 2.75) is 107 Å². The lowest BCUT2D eigenvalue weighted by Gasteiger charge is -2.20. The molecule has 0 unspecified atom stereocenters. The van der Waals surface area contributed by atoms with Crippen LogP contribution in [-0.2, 0) is 0 Å². The molecule has 0 saturated carbocycles. The minimum absolute atomic E-state index is 0.337. The van der Waals surface area contributed by atoms with Crippen molar-refractivity contribution in [2.24, 2.45) is 0 Å². The molecule has 0 spiro atoms. The minimum atomic E-state index is 0.337. The van der Waals surface area contributed by atoms with Gasteiger partial charge in [-0.25, -0.2) is 19.9 Å². The number of benzene rings is 2. The van der Waals surface area contributed by atoms with Crippen molar-refractivity contribution in [3.8, 4) is 0 Å². The van der Waals surface area contributed by atoms with E-state index in [0.29, 0.717) is 23.7 Å². The zero-order valence-electron chi connectivity index (χ0n) is 27.0. The fourth-order valence-electron chi connectivity index (χ4n) is 5.92. The van der Waals surface area contributed by atoms with E-state index in [1.165, 1.54) is 0 Å². The molecule has 0 aliphatic carbocycles. The summed E-state index contributed by atoms with van der Waals surface area (Å²) in [6.07, 6.45) is 3.31. The largest absolute Gasteiger partial charge is 0.443 e. The van der Waals surface area contributed by atoms with Crippen LogP contribution in [0.15, 0.2) is 12.7 Å². The fraction of sp³-hybridized carbons (Fsp3) is 0.471. The van der Waals surface area contributed by atoms with Gasteiger partial charge in [-0.15, -0.1) is 0 Å². The highest BCUT2D eigenvalue weighted by Gasteiger charge is 2.20. The number of aromatic nitrogens is 8. The van der Waals surface area contributed by atoms with E-state index < -0.39 is 0 Å². The quantitative estimate of drug-likeness (QED) is 0.213. The second-order valence-corrected chi connectivity index (χ2v) is 12.6. The van der Waals surface area contributed by atoms with Crippen molar-refractivity contribution in [1.29, 1.82) is 0 Å². The molecule has 42 heavy (non-hydrogen) atoms. The lowest BCUT2D eigenvalue weighted by atomic mass is 9.92. The van der Waals surface area contributed by atoms with Crippen LogP contribution < -0.4 is 9.97 Å². The number of aryl methyl sites for hydroxylation is 4. The van der Waals surface area contributed by atoms with Crippen LogP contribution in [0.3, 0.4) is 0 Å². The van der Waals surface area contributed by atoms with Gasteiger partial charge in [0.2, 0.25) is 0 Å². The molecule has 0 atom stereocenters. The van der Waals surface area contributed by atoms with E-state index in [-0.39, 0.29) is 0 Å². The summed E-state index contributed by atoms with van der Waals surface area (Å²) in [4.78, 5) is 37.4. The molecule has 6 rings (SSSR count). The van der Waals surface area contributed by atoms with Gasteiger partial charge in [-0.05, 0) is 95.7 Å². The number of hydrogen-bond acceptors (Lipinski definition) is 6. The summed E-state index contributed by atoms with van der Waals surface area (Å²) in [7, 11) is 0. The smallest absolute Gasteiger partial charge is 0.0930 e. The molecular weight excluding hydrogens is 520 g/mol. The van der Waals surface area contributed by atoms with Crippen LogP contribution in [0.5, 0.6) is 0 Å². The molecular formula is C34H42N8-2. The van der Waals surface area contributed by atoms with E-state index in [1.54, 1.807) is 12.7 Å². The average molecular weight is 563 g/mol. The second kappa shape index (κ2) is 11.0. The highest BCUT2D eigenvalue weighted by atomic mass is 14.9. The first-order chi connectivity index (χ1) is 19.8. The molecule has 0 aliphatic rings. The van der Waals surface area contributed by atoms with Crippen LogP contribution in [-0.4, -0.2) is 29.9 Å². The van der Waals surface area contributed by atoms with Gasteiger partial charge < -0.3 is 19.9 Å². The Morgan fingerprint density at radius 1 is 0.405 bits per heavy atom. The highest BCUT2D eigenvalue weighted by molar-refractivity contribution is 6.01. The molecule has 0 aliphatic heterocycles. The molecule has 8 nitrogen and oxygen atoms in total. The average Bonchev–Trinajstić information content (AvgIpc) is 3.57. The van der Waals surface area contributed by atoms with E-state index in [1.807, 2.05) is 27.7 Å². The number of imidazole rings is 2. The molecule has 4 heterocycles. The normalized spacial score (nSPS) is 12.2. The molecule has 0 saturated heterocycles. The summed E-state index contributed by atoms with van der Waals surface area (Å²) >= 11 is 0. The molecule has 0 fully saturated rings. The van der Waals surface area contributed by atoms with Gasteiger partial charge in [-0.3, -0.25) is 0 Å². The number of fused-ring (bicyclic) bond motifs is 4. The van der Waals surface area contributed by atoms with Gasteiger partial charge in [0.05, 0.1) is 44.8 Å². The Morgan fingerprint density at radius 2 is 0.667 bits per heavy atom. The standard InChI is InChI=1S/2C17H21N4/c2*1-8(2)12-14-15(19-7-18-14)13(9(3)4)17-16(12)20-10(5)11(6)21-17/h2*7-9H,1-6H3/q2*-1. The predicted molar refractivity (Wildman–Crippen MR) is 172 cm³/mol. The van der Waals surface area contributed by atoms with Gasteiger partial charge >= 0.3 is 0 Å². The van der Waals surface area contributed by atoms with Gasteiger partial charge in [0.15, 0.2) is 0 Å². The number of nitrogens with zero attached hydrogens (tertiary/aromatic N) is 8. The topological polar surface area (TPSA) is 106 Å². The third-order valence-electron chi connectivity index (χ3n) is 8.16. The van der Waals surface area contributed by atoms with Crippen molar-refractivity contribution in [3.05, 3.63) is 57.7 Å². The summed E-state index contributed by atoms with van der Waals surface area (Å²) in [6, 6.07) is 0. The molecule has 8 heteroatoms. The first-order valence-corrected chi connectivity index (χ1v) is 15.0. The lowest BCUT2D eigenvalue weighted by molar-refractivity contribution is 0.860. The second-order valence-electron chi connectivity index (χ2n) is 12.6. The maximum atomic E-state index is 4.84. The van der Waals surface area contributed by atoms with Crippen LogP contribution >= 0.6 is 0 Å². The number of hydrogen-bond donors (Lipinski definition) is 0. The third kappa shape index (κ3) is 4.80. The maximum absolute atomic E-state index is 4.84. The van der Waals surface area contributed by atoms with E-state index >= 15 is 0 Å². The van der Waals surface area contributed by atoms with Crippen molar-refractivity contribution < 1.29 is 0 Å². The van der Waals surface area contributed by atoms with Gasteiger partial charge in [0, 0.05) is 0 Å². The summed E-state index contributed by atoms with van der Waals surface area (Å²) < 4.78 is 0. The summed E-state index contributed by atoms with van der Waals surface area (Å²) in [5, 5.41) is 0. The molecule has 4 aromatic heterocycles. The fourth-order valence-corrected chi connectivity index (χ4v) is 5.92. The summed E-state index contributed by atoms with van der Waals surface area (Å²) in [6.45, 7) is 25.5. The Bertz CT molecular complexity index is 1660. The SMILES string of the molecule is Cc1nc2c(C(C)C)c3nc[n-]c3c(C(C)C)c2nc1C.Cc1nc2c(C(C)C)c3nc[n-]c3c(C(C)C)c2nc1C. The summed E-state index contributed by atoms with van der Waals surface area (Å²) in [5.41, 5.74) is 16.5. The third-order valence-corrected chi connectivity index (χ3v) is 8.16. The molecule has 0 amide bonds. The van der Waals surface area contributed by atoms with Gasteiger partial charge in [-0.1, -0.05) is 68.0 Å². The zero-order valence-corrected chi connectivity index (χ0v) is 27.0. The Balaban J connectivity index is 0.000000168. The first kappa shape index (κ1) is 29.5. The Morgan fingerprint density at radius 3 is 0.929 bits per heavy atom. The molecule has 0 radical (unpaired) electrons. The van der Waals surface area contributed by atoms with E-state index in [9.17, 15) is 0 Å². The molecule has 0 bridgehead atoms. The first-order valence-electron chi connectivity index (χ1n) is 15.0.